The van der Waals surface area contributed by atoms with Crippen molar-refractivity contribution in [1.82, 2.24) is 25.4 Å². The molecule has 0 saturated carbocycles. The first-order valence-electron chi connectivity index (χ1n) is 5.54. The number of nitrogens with one attached hydrogen (secondary N) is 2. The van der Waals surface area contributed by atoms with E-state index in [4.69, 9.17) is 0 Å². The molecule has 2 rings (SSSR count). The molecular formula is C11H11N5O2S. The van der Waals surface area contributed by atoms with Gasteiger partial charge in [0.2, 0.25) is 0 Å². The van der Waals surface area contributed by atoms with Gasteiger partial charge in [0, 0.05) is 12.4 Å². The van der Waals surface area contributed by atoms with Crippen LogP contribution < -0.4 is 10.9 Å². The number of nitrogens with zero attached hydrogens (tertiary/aromatic N) is 3. The summed E-state index contributed by atoms with van der Waals surface area (Å²) in [7, 11) is 0. The molecule has 0 aliphatic heterocycles. The average molecular weight is 277 g/mol. The number of hydrogen-bond donors (Lipinski definition) is 2. The maximum absolute atomic E-state index is 11.8. The zero-order valence-electron chi connectivity index (χ0n) is 10.1. The molecule has 2 amide bonds. The zero-order valence-corrected chi connectivity index (χ0v) is 10.9. The summed E-state index contributed by atoms with van der Waals surface area (Å²) in [5, 5.41) is 3.83. The molecule has 0 fully saturated rings. The maximum atomic E-state index is 11.8. The molecule has 2 N–H and O–H groups in total. The van der Waals surface area contributed by atoms with E-state index in [9.17, 15) is 9.59 Å². The molecule has 98 valence electrons. The van der Waals surface area contributed by atoms with Crippen LogP contribution in [0.2, 0.25) is 0 Å². The Morgan fingerprint density at radius 1 is 1.32 bits per heavy atom. The van der Waals surface area contributed by atoms with Crippen molar-refractivity contribution < 1.29 is 9.59 Å². The molecule has 0 radical (unpaired) electrons. The molecule has 2 aromatic heterocycles. The van der Waals surface area contributed by atoms with Crippen LogP contribution in [0.25, 0.3) is 0 Å². The molecule has 8 heteroatoms. The van der Waals surface area contributed by atoms with Crippen molar-refractivity contribution in [3.05, 3.63) is 40.7 Å². The summed E-state index contributed by atoms with van der Waals surface area (Å²) in [6.45, 7) is 1.88. The lowest BCUT2D eigenvalue weighted by Gasteiger charge is -2.06. The van der Waals surface area contributed by atoms with E-state index in [0.29, 0.717) is 22.6 Å². The van der Waals surface area contributed by atoms with Crippen LogP contribution in [0.5, 0.6) is 0 Å². The average Bonchev–Trinajstić information content (AvgIpc) is 2.93. The van der Waals surface area contributed by atoms with E-state index in [2.05, 4.69) is 25.4 Å². The van der Waals surface area contributed by atoms with Crippen molar-refractivity contribution in [2.75, 3.05) is 0 Å². The van der Waals surface area contributed by atoms with Crippen LogP contribution in [0.1, 0.15) is 32.6 Å². The quantitative estimate of drug-likeness (QED) is 0.799. The highest BCUT2D eigenvalue weighted by molar-refractivity contribution is 7.08. The molecule has 0 aliphatic rings. The minimum atomic E-state index is -0.433. The Morgan fingerprint density at radius 2 is 2.11 bits per heavy atom. The van der Waals surface area contributed by atoms with Crippen LogP contribution in [0, 0.1) is 0 Å². The van der Waals surface area contributed by atoms with Gasteiger partial charge >= 0.3 is 0 Å². The Balaban J connectivity index is 1.96. The Bertz CT molecular complexity index is 584. The standard InChI is InChI=1S/C11H11N5O2S/c1-2-8-9(19-16-13-8)11(18)15-14-10(17)7-4-3-5-12-6-7/h3-6H,2H2,1H3,(H,14,17)(H,15,18). The number of amides is 2. The fraction of sp³-hybridized carbons (Fsp3) is 0.182. The van der Waals surface area contributed by atoms with Crippen LogP contribution in [0.3, 0.4) is 0 Å². The third-order valence-corrected chi connectivity index (χ3v) is 3.08. The largest absolute Gasteiger partial charge is 0.283 e. The Kier molecular flexibility index (Phi) is 4.14. The second-order valence-corrected chi connectivity index (χ2v) is 4.31. The van der Waals surface area contributed by atoms with Gasteiger partial charge in [-0.05, 0) is 30.1 Å². The summed E-state index contributed by atoms with van der Waals surface area (Å²) in [5.74, 6) is -0.860. The monoisotopic (exact) mass is 277 g/mol. The van der Waals surface area contributed by atoms with Gasteiger partial charge in [0.1, 0.15) is 4.88 Å². The number of rotatable bonds is 3. The molecule has 7 nitrogen and oxygen atoms in total. The van der Waals surface area contributed by atoms with E-state index < -0.39 is 11.8 Å². The number of carbonyl (C=O) groups is 2. The van der Waals surface area contributed by atoms with E-state index in [1.165, 1.54) is 6.20 Å². The molecule has 0 bridgehead atoms. The van der Waals surface area contributed by atoms with E-state index in [1.807, 2.05) is 6.92 Å². The van der Waals surface area contributed by atoms with Crippen molar-refractivity contribution in [3.63, 3.8) is 0 Å². The molecule has 2 heterocycles. The summed E-state index contributed by atoms with van der Waals surface area (Å²) < 4.78 is 3.71. The van der Waals surface area contributed by atoms with E-state index >= 15 is 0 Å². The van der Waals surface area contributed by atoms with E-state index in [0.717, 1.165) is 11.5 Å². The van der Waals surface area contributed by atoms with Gasteiger partial charge in [0.15, 0.2) is 0 Å². The van der Waals surface area contributed by atoms with Gasteiger partial charge in [-0.1, -0.05) is 11.4 Å². The van der Waals surface area contributed by atoms with Crippen molar-refractivity contribution >= 4 is 23.3 Å². The zero-order chi connectivity index (χ0) is 13.7. The van der Waals surface area contributed by atoms with Gasteiger partial charge in [-0.25, -0.2) is 0 Å². The van der Waals surface area contributed by atoms with Gasteiger partial charge in [-0.15, -0.1) is 5.10 Å². The van der Waals surface area contributed by atoms with Crippen LogP contribution >= 0.6 is 11.5 Å². The SMILES string of the molecule is CCc1nnsc1C(=O)NNC(=O)c1cccnc1. The van der Waals surface area contributed by atoms with Crippen molar-refractivity contribution in [1.29, 1.82) is 0 Å². The highest BCUT2D eigenvalue weighted by Crippen LogP contribution is 2.10. The van der Waals surface area contributed by atoms with Gasteiger partial charge in [0.05, 0.1) is 11.3 Å². The number of aromatic nitrogens is 3. The highest BCUT2D eigenvalue weighted by atomic mass is 32.1. The molecule has 19 heavy (non-hydrogen) atoms. The molecule has 0 atom stereocenters. The maximum Gasteiger partial charge on any atom is 0.283 e. The normalized spacial score (nSPS) is 9.95. The van der Waals surface area contributed by atoms with Crippen LogP contribution in [0.4, 0.5) is 0 Å². The third kappa shape index (κ3) is 3.10. The van der Waals surface area contributed by atoms with Gasteiger partial charge in [-0.3, -0.25) is 25.4 Å². The minimum Gasteiger partial charge on any atom is -0.267 e. The molecule has 0 aliphatic carbocycles. The second-order valence-electron chi connectivity index (χ2n) is 3.55. The van der Waals surface area contributed by atoms with Crippen molar-refractivity contribution in [2.24, 2.45) is 0 Å². The summed E-state index contributed by atoms with van der Waals surface area (Å²) in [4.78, 5) is 27.7. The Labute approximate surface area is 113 Å². The van der Waals surface area contributed by atoms with Gasteiger partial charge in [0.25, 0.3) is 11.8 Å². The predicted octanol–water partition coefficient (Wildman–Crippen LogP) is 0.570. The van der Waals surface area contributed by atoms with Crippen molar-refractivity contribution in [3.8, 4) is 0 Å². The lowest BCUT2D eigenvalue weighted by atomic mass is 10.3. The van der Waals surface area contributed by atoms with Gasteiger partial charge < -0.3 is 0 Å². The Hall–Kier alpha value is -2.35. The molecule has 0 saturated heterocycles. The van der Waals surface area contributed by atoms with E-state index in [1.54, 1.807) is 18.3 Å². The second kappa shape index (κ2) is 6.01. The molecule has 2 aromatic rings. The first kappa shape index (κ1) is 13.1. The Morgan fingerprint density at radius 3 is 2.79 bits per heavy atom. The summed E-state index contributed by atoms with van der Waals surface area (Å²) in [5.41, 5.74) is 5.60. The minimum absolute atomic E-state index is 0.362. The smallest absolute Gasteiger partial charge is 0.267 e. The van der Waals surface area contributed by atoms with Crippen molar-refractivity contribution in [2.45, 2.75) is 13.3 Å². The van der Waals surface area contributed by atoms with Crippen LogP contribution in [-0.4, -0.2) is 26.4 Å². The molecular weight excluding hydrogens is 266 g/mol. The molecule has 0 spiro atoms. The predicted molar refractivity (Wildman–Crippen MR) is 68.5 cm³/mol. The van der Waals surface area contributed by atoms with E-state index in [-0.39, 0.29) is 0 Å². The lowest BCUT2D eigenvalue weighted by Crippen LogP contribution is -2.41. The van der Waals surface area contributed by atoms with Gasteiger partial charge in [-0.2, -0.15) is 0 Å². The fourth-order valence-electron chi connectivity index (χ4n) is 1.35. The summed E-state index contributed by atoms with van der Waals surface area (Å²) in [6, 6.07) is 3.24. The third-order valence-electron chi connectivity index (χ3n) is 2.31. The van der Waals surface area contributed by atoms with Crippen LogP contribution in [0.15, 0.2) is 24.5 Å². The molecule has 0 unspecified atom stereocenters. The number of carbonyl (C=O) groups excluding carboxylic acids is 2. The number of hydrazine groups is 1. The summed E-state index contributed by atoms with van der Waals surface area (Å²) >= 11 is 0.993. The molecule has 0 aromatic carbocycles. The number of aryl methyl sites for hydroxylation is 1. The number of pyridine rings is 1. The summed E-state index contributed by atoms with van der Waals surface area (Å²) in [6.07, 6.45) is 3.58. The number of hydrogen-bond acceptors (Lipinski definition) is 6. The highest BCUT2D eigenvalue weighted by Gasteiger charge is 2.15. The van der Waals surface area contributed by atoms with Crippen LogP contribution in [-0.2, 0) is 6.42 Å². The fourth-order valence-corrected chi connectivity index (χ4v) is 2.00. The first-order valence-corrected chi connectivity index (χ1v) is 6.31. The lowest BCUT2D eigenvalue weighted by molar-refractivity contribution is 0.0848. The topological polar surface area (TPSA) is 96.9 Å². The first-order chi connectivity index (χ1) is 9.22.